The molecule has 1 aromatic rings. The van der Waals surface area contributed by atoms with Crippen LogP contribution in [0.2, 0.25) is 0 Å². The number of hydrogen-bond donors (Lipinski definition) is 1. The number of thiocarbonyl (C=S) groups is 1. The van der Waals surface area contributed by atoms with E-state index in [0.29, 0.717) is 31.1 Å². The minimum Gasteiger partial charge on any atom is -0.467 e. The summed E-state index contributed by atoms with van der Waals surface area (Å²) >= 11 is 4.98. The molecule has 0 aliphatic carbocycles. The molecule has 102 valence electrons. The lowest BCUT2D eigenvalue weighted by Crippen LogP contribution is -2.47. The van der Waals surface area contributed by atoms with Gasteiger partial charge in [0, 0.05) is 6.54 Å². The molecule has 1 unspecified atom stereocenters. The number of morpholine rings is 1. The fourth-order valence-electron chi connectivity index (χ4n) is 1.87. The van der Waals surface area contributed by atoms with Gasteiger partial charge in [-0.25, -0.2) is 4.79 Å². The normalized spacial score (nSPS) is 19.0. The number of nitrogens with zero attached hydrogens (tertiary/aromatic N) is 3. The molecule has 1 fully saturated rings. The number of hydrogen-bond acceptors (Lipinski definition) is 7. The van der Waals surface area contributed by atoms with Crippen molar-refractivity contribution in [3.05, 3.63) is 17.8 Å². The Balaban J connectivity index is 2.22. The summed E-state index contributed by atoms with van der Waals surface area (Å²) in [5.41, 5.74) is 6.29. The van der Waals surface area contributed by atoms with Gasteiger partial charge in [0.2, 0.25) is 0 Å². The second-order valence-corrected chi connectivity index (χ2v) is 4.40. The van der Waals surface area contributed by atoms with Crippen LogP contribution in [0.15, 0.2) is 12.3 Å². The molecule has 2 rings (SSSR count). The second kappa shape index (κ2) is 5.89. The van der Waals surface area contributed by atoms with Gasteiger partial charge in [-0.1, -0.05) is 12.2 Å². The lowest BCUT2D eigenvalue weighted by Gasteiger charge is -2.32. The van der Waals surface area contributed by atoms with Crippen LogP contribution in [-0.2, 0) is 14.3 Å². The fraction of sp³-hybridized carbons (Fsp3) is 0.455. The Labute approximate surface area is 115 Å². The smallest absolute Gasteiger partial charge is 0.336 e. The van der Waals surface area contributed by atoms with E-state index >= 15 is 0 Å². The SMILES string of the molecule is COC(=O)C1CN(c2nnccc2C(N)=S)CCO1. The third-order valence-corrected chi connectivity index (χ3v) is 3.02. The van der Waals surface area contributed by atoms with E-state index in [0.717, 1.165) is 0 Å². The summed E-state index contributed by atoms with van der Waals surface area (Å²) in [6.45, 7) is 1.32. The van der Waals surface area contributed by atoms with E-state index in [1.165, 1.54) is 13.3 Å². The number of methoxy groups -OCH3 is 1. The lowest BCUT2D eigenvalue weighted by molar-refractivity contribution is -0.154. The van der Waals surface area contributed by atoms with Gasteiger partial charge in [-0.2, -0.15) is 5.10 Å². The minimum absolute atomic E-state index is 0.242. The Morgan fingerprint density at radius 3 is 3.16 bits per heavy atom. The summed E-state index contributed by atoms with van der Waals surface area (Å²) in [5.74, 6) is 0.151. The van der Waals surface area contributed by atoms with Gasteiger partial charge in [0.15, 0.2) is 11.9 Å². The predicted octanol–water partition coefficient (Wildman–Crippen LogP) is -0.511. The molecule has 19 heavy (non-hydrogen) atoms. The molecule has 1 aliphatic heterocycles. The summed E-state index contributed by atoms with van der Waals surface area (Å²) < 4.78 is 10.0. The highest BCUT2D eigenvalue weighted by Crippen LogP contribution is 2.19. The Morgan fingerprint density at radius 1 is 1.68 bits per heavy atom. The highest BCUT2D eigenvalue weighted by atomic mass is 32.1. The molecule has 7 nitrogen and oxygen atoms in total. The zero-order chi connectivity index (χ0) is 13.8. The summed E-state index contributed by atoms with van der Waals surface area (Å²) in [6.07, 6.45) is 0.885. The van der Waals surface area contributed by atoms with E-state index in [1.807, 2.05) is 4.90 Å². The average molecular weight is 282 g/mol. The second-order valence-electron chi connectivity index (χ2n) is 3.96. The first-order valence-corrected chi connectivity index (χ1v) is 6.10. The standard InChI is InChI=1S/C11H14N4O3S/c1-17-11(16)8-6-15(4-5-18-8)10-7(9(12)19)2-3-13-14-10/h2-3,8H,4-6H2,1H3,(H2,12,19). The number of carbonyl (C=O) groups is 1. The van der Waals surface area contributed by atoms with Crippen molar-refractivity contribution in [3.63, 3.8) is 0 Å². The Morgan fingerprint density at radius 2 is 2.47 bits per heavy atom. The molecule has 0 aromatic carbocycles. The average Bonchev–Trinajstić information content (AvgIpc) is 2.46. The topological polar surface area (TPSA) is 90.6 Å². The van der Waals surface area contributed by atoms with Gasteiger partial charge < -0.3 is 20.1 Å². The Bertz CT molecular complexity index is 497. The van der Waals surface area contributed by atoms with Crippen molar-refractivity contribution in [2.75, 3.05) is 31.7 Å². The van der Waals surface area contributed by atoms with Crippen molar-refractivity contribution in [2.24, 2.45) is 5.73 Å². The highest BCUT2D eigenvalue weighted by Gasteiger charge is 2.29. The number of aromatic nitrogens is 2. The maximum absolute atomic E-state index is 11.5. The number of ether oxygens (including phenoxy) is 2. The molecule has 0 bridgehead atoms. The van der Waals surface area contributed by atoms with E-state index in [1.54, 1.807) is 6.07 Å². The molecule has 0 amide bonds. The van der Waals surface area contributed by atoms with Crippen molar-refractivity contribution in [1.29, 1.82) is 0 Å². The molecule has 2 N–H and O–H groups in total. The van der Waals surface area contributed by atoms with Crippen LogP contribution in [0.3, 0.4) is 0 Å². The van der Waals surface area contributed by atoms with Gasteiger partial charge in [0.1, 0.15) is 4.99 Å². The third-order valence-electron chi connectivity index (χ3n) is 2.80. The van der Waals surface area contributed by atoms with Crippen LogP contribution in [0.5, 0.6) is 0 Å². The van der Waals surface area contributed by atoms with Gasteiger partial charge in [0.05, 0.1) is 32.0 Å². The van der Waals surface area contributed by atoms with Crippen LogP contribution >= 0.6 is 12.2 Å². The van der Waals surface area contributed by atoms with E-state index in [2.05, 4.69) is 14.9 Å². The first-order valence-electron chi connectivity index (χ1n) is 5.69. The largest absolute Gasteiger partial charge is 0.467 e. The van der Waals surface area contributed by atoms with Crippen molar-refractivity contribution in [3.8, 4) is 0 Å². The van der Waals surface area contributed by atoms with Crippen molar-refractivity contribution in [1.82, 2.24) is 10.2 Å². The first-order chi connectivity index (χ1) is 9.13. The van der Waals surface area contributed by atoms with Crippen LogP contribution in [0.4, 0.5) is 5.82 Å². The van der Waals surface area contributed by atoms with Crippen LogP contribution in [0.1, 0.15) is 5.56 Å². The fourth-order valence-corrected chi connectivity index (χ4v) is 2.03. The quantitative estimate of drug-likeness (QED) is 0.585. The van der Waals surface area contributed by atoms with E-state index < -0.39 is 12.1 Å². The molecular weight excluding hydrogens is 268 g/mol. The zero-order valence-corrected chi connectivity index (χ0v) is 11.2. The summed E-state index contributed by atoms with van der Waals surface area (Å²) in [5, 5.41) is 7.87. The van der Waals surface area contributed by atoms with Gasteiger partial charge in [-0.15, -0.1) is 5.10 Å². The van der Waals surface area contributed by atoms with E-state index in [-0.39, 0.29) is 4.99 Å². The molecule has 0 saturated carbocycles. The van der Waals surface area contributed by atoms with Crippen LogP contribution < -0.4 is 10.6 Å². The van der Waals surface area contributed by atoms with Gasteiger partial charge >= 0.3 is 5.97 Å². The maximum Gasteiger partial charge on any atom is 0.336 e. The molecule has 1 atom stereocenters. The van der Waals surface area contributed by atoms with Crippen LogP contribution in [0.25, 0.3) is 0 Å². The molecule has 1 aliphatic rings. The molecule has 8 heteroatoms. The molecule has 1 saturated heterocycles. The minimum atomic E-state index is -0.639. The number of anilines is 1. The monoisotopic (exact) mass is 282 g/mol. The number of rotatable bonds is 3. The Hall–Kier alpha value is -1.80. The number of carbonyl (C=O) groups excluding carboxylic acids is 1. The van der Waals surface area contributed by atoms with Crippen molar-refractivity contribution < 1.29 is 14.3 Å². The van der Waals surface area contributed by atoms with Gasteiger partial charge in [-0.3, -0.25) is 0 Å². The summed E-state index contributed by atoms with van der Waals surface area (Å²) in [6, 6.07) is 1.70. The van der Waals surface area contributed by atoms with E-state index in [9.17, 15) is 4.79 Å². The maximum atomic E-state index is 11.5. The van der Waals surface area contributed by atoms with Crippen molar-refractivity contribution in [2.45, 2.75) is 6.10 Å². The molecule has 0 spiro atoms. The molecular formula is C11H14N4O3S. The number of nitrogens with two attached hydrogens (primary N) is 1. The summed E-state index contributed by atoms with van der Waals surface area (Å²) in [4.78, 5) is 13.6. The highest BCUT2D eigenvalue weighted by molar-refractivity contribution is 7.80. The third kappa shape index (κ3) is 2.96. The number of esters is 1. The summed E-state index contributed by atoms with van der Waals surface area (Å²) in [7, 11) is 1.33. The predicted molar refractivity (Wildman–Crippen MR) is 71.9 cm³/mol. The molecule has 1 aromatic heterocycles. The molecule has 2 heterocycles. The van der Waals surface area contributed by atoms with Crippen LogP contribution in [0, 0.1) is 0 Å². The first kappa shape index (κ1) is 13.6. The van der Waals surface area contributed by atoms with Gasteiger partial charge in [-0.05, 0) is 6.07 Å². The lowest BCUT2D eigenvalue weighted by atomic mass is 10.2. The van der Waals surface area contributed by atoms with E-state index in [4.69, 9.17) is 22.7 Å². The van der Waals surface area contributed by atoms with Crippen LogP contribution in [-0.4, -0.2) is 54.1 Å². The molecule has 0 radical (unpaired) electrons. The Kier molecular flexibility index (Phi) is 4.23. The van der Waals surface area contributed by atoms with Crippen molar-refractivity contribution >= 4 is 29.0 Å². The van der Waals surface area contributed by atoms with Gasteiger partial charge in [0.25, 0.3) is 0 Å². The zero-order valence-electron chi connectivity index (χ0n) is 10.4.